The molecule has 4 aromatic rings. The van der Waals surface area contributed by atoms with Gasteiger partial charge in [0.25, 0.3) is 11.5 Å². The van der Waals surface area contributed by atoms with Crippen LogP contribution < -0.4 is 11.2 Å². The number of rotatable bonds is 4. The van der Waals surface area contributed by atoms with Crippen molar-refractivity contribution in [2.75, 3.05) is 13.1 Å². The number of nitrogens with zero attached hydrogens (tertiary/aromatic N) is 6. The van der Waals surface area contributed by atoms with Gasteiger partial charge in [0.1, 0.15) is 17.7 Å². The monoisotopic (exact) mass is 491 g/mol. The summed E-state index contributed by atoms with van der Waals surface area (Å²) < 4.78 is 1.54. The van der Waals surface area contributed by atoms with Crippen LogP contribution in [0, 0.1) is 0 Å². The highest BCUT2D eigenvalue weighted by Crippen LogP contribution is 2.29. The van der Waals surface area contributed by atoms with Gasteiger partial charge in [0.2, 0.25) is 0 Å². The number of amides is 1. The molecular formula is C24H25N7O5. The fraction of sp³-hybridized carbons (Fsp3) is 0.375. The SMILES string of the molecule is CC(C)(O)C(=O)N1CCC(n2c(=O)[nH]c(=O)c3cnc4ccc(-c5cnc(CO)nc5)nc4c32)CC1. The first-order valence-corrected chi connectivity index (χ1v) is 11.6. The van der Waals surface area contributed by atoms with Crippen LogP contribution in [0.5, 0.6) is 0 Å². The highest BCUT2D eigenvalue weighted by Gasteiger charge is 2.33. The van der Waals surface area contributed by atoms with Crippen LogP contribution in [0.2, 0.25) is 0 Å². The van der Waals surface area contributed by atoms with E-state index in [2.05, 4.69) is 19.9 Å². The largest absolute Gasteiger partial charge is 0.388 e. The first-order chi connectivity index (χ1) is 17.2. The number of aliphatic hydroxyl groups excluding tert-OH is 1. The highest BCUT2D eigenvalue weighted by atomic mass is 16.3. The third kappa shape index (κ3) is 4.14. The van der Waals surface area contributed by atoms with Crippen LogP contribution in [-0.4, -0.2) is 69.2 Å². The molecular weight excluding hydrogens is 466 g/mol. The van der Waals surface area contributed by atoms with Crippen LogP contribution in [0.3, 0.4) is 0 Å². The van der Waals surface area contributed by atoms with Gasteiger partial charge in [0.15, 0.2) is 5.82 Å². The highest BCUT2D eigenvalue weighted by molar-refractivity contribution is 6.01. The first kappa shape index (κ1) is 23.7. The van der Waals surface area contributed by atoms with Gasteiger partial charge in [-0.15, -0.1) is 0 Å². The first-order valence-electron chi connectivity index (χ1n) is 11.6. The normalized spacial score (nSPS) is 15.1. The predicted octanol–water partition coefficient (Wildman–Crippen LogP) is 0.517. The minimum Gasteiger partial charge on any atom is -0.388 e. The Morgan fingerprint density at radius 1 is 1.11 bits per heavy atom. The van der Waals surface area contributed by atoms with Gasteiger partial charge in [-0.05, 0) is 38.8 Å². The van der Waals surface area contributed by atoms with Crippen molar-refractivity contribution in [2.45, 2.75) is 44.9 Å². The maximum Gasteiger partial charge on any atom is 0.329 e. The van der Waals surface area contributed by atoms with Gasteiger partial charge in [-0.3, -0.25) is 24.1 Å². The summed E-state index contributed by atoms with van der Waals surface area (Å²) in [5.74, 6) is -0.0866. The Labute approximate surface area is 204 Å². The Bertz CT molecular complexity index is 1580. The summed E-state index contributed by atoms with van der Waals surface area (Å²) in [7, 11) is 0. The number of carbonyl (C=O) groups excluding carboxylic acids is 1. The summed E-state index contributed by atoms with van der Waals surface area (Å²) in [4.78, 5) is 59.5. The molecule has 12 heteroatoms. The number of aliphatic hydroxyl groups is 2. The lowest BCUT2D eigenvalue weighted by molar-refractivity contribution is -0.149. The number of fused-ring (bicyclic) bond motifs is 3. The number of piperidine rings is 1. The van der Waals surface area contributed by atoms with Crippen LogP contribution in [-0.2, 0) is 11.4 Å². The molecule has 0 aromatic carbocycles. The molecule has 1 fully saturated rings. The molecule has 0 radical (unpaired) electrons. The Balaban J connectivity index is 1.63. The maximum atomic E-state index is 13.1. The molecule has 36 heavy (non-hydrogen) atoms. The molecule has 4 aromatic heterocycles. The number of aromatic nitrogens is 6. The minimum absolute atomic E-state index is 0.230. The summed E-state index contributed by atoms with van der Waals surface area (Å²) in [5.41, 5.74) is -0.212. The van der Waals surface area contributed by atoms with Crippen LogP contribution in [0.15, 0.2) is 40.3 Å². The predicted molar refractivity (Wildman–Crippen MR) is 130 cm³/mol. The van der Waals surface area contributed by atoms with Gasteiger partial charge in [-0.25, -0.2) is 19.7 Å². The Morgan fingerprint density at radius 2 is 1.81 bits per heavy atom. The van der Waals surface area contributed by atoms with E-state index in [1.807, 2.05) is 0 Å². The van der Waals surface area contributed by atoms with Crippen LogP contribution in [0.1, 0.15) is 38.6 Å². The van der Waals surface area contributed by atoms with E-state index in [4.69, 9.17) is 4.98 Å². The zero-order valence-electron chi connectivity index (χ0n) is 19.8. The van der Waals surface area contributed by atoms with Crippen LogP contribution in [0.25, 0.3) is 33.2 Å². The number of nitrogens with one attached hydrogen (secondary N) is 1. The van der Waals surface area contributed by atoms with E-state index in [9.17, 15) is 24.6 Å². The van der Waals surface area contributed by atoms with Gasteiger partial charge >= 0.3 is 5.69 Å². The van der Waals surface area contributed by atoms with Crippen molar-refractivity contribution < 1.29 is 15.0 Å². The van der Waals surface area contributed by atoms with Crippen molar-refractivity contribution in [1.82, 2.24) is 34.4 Å². The molecule has 5 rings (SSSR count). The third-order valence-corrected chi connectivity index (χ3v) is 6.39. The molecule has 1 amide bonds. The number of aromatic amines is 1. The third-order valence-electron chi connectivity index (χ3n) is 6.39. The topological polar surface area (TPSA) is 167 Å². The molecule has 0 atom stereocenters. The summed E-state index contributed by atoms with van der Waals surface area (Å²) in [5, 5.41) is 19.5. The molecule has 0 unspecified atom stereocenters. The van der Waals surface area contributed by atoms with Crippen LogP contribution >= 0.6 is 0 Å². The van der Waals surface area contributed by atoms with Crippen molar-refractivity contribution in [3.63, 3.8) is 0 Å². The average Bonchev–Trinajstić information content (AvgIpc) is 2.87. The number of pyridine rings is 2. The molecule has 5 heterocycles. The fourth-order valence-electron chi connectivity index (χ4n) is 4.58. The van der Waals surface area contributed by atoms with E-state index in [-0.39, 0.29) is 29.8 Å². The van der Waals surface area contributed by atoms with Crippen molar-refractivity contribution in [1.29, 1.82) is 0 Å². The van der Waals surface area contributed by atoms with E-state index in [0.717, 1.165) is 0 Å². The lowest BCUT2D eigenvalue weighted by Crippen LogP contribution is -2.49. The molecule has 12 nitrogen and oxygen atoms in total. The number of carbonyl (C=O) groups is 1. The van der Waals surface area contributed by atoms with E-state index < -0.39 is 16.9 Å². The second kappa shape index (κ2) is 8.88. The summed E-state index contributed by atoms with van der Waals surface area (Å²) in [6.45, 7) is 3.33. The summed E-state index contributed by atoms with van der Waals surface area (Å²) in [6.07, 6.45) is 5.44. The molecule has 0 aliphatic carbocycles. The quantitative estimate of drug-likeness (QED) is 0.345. The second-order valence-corrected chi connectivity index (χ2v) is 9.34. The van der Waals surface area contributed by atoms with E-state index in [1.165, 1.54) is 24.6 Å². The van der Waals surface area contributed by atoms with Crippen molar-refractivity contribution in [3.8, 4) is 11.3 Å². The average molecular weight is 492 g/mol. The molecule has 186 valence electrons. The van der Waals surface area contributed by atoms with Gasteiger partial charge in [0.05, 0.1) is 22.1 Å². The number of hydrogen-bond acceptors (Lipinski definition) is 9. The number of hydrogen-bond donors (Lipinski definition) is 3. The Morgan fingerprint density at radius 3 is 2.44 bits per heavy atom. The maximum absolute atomic E-state index is 13.1. The van der Waals surface area contributed by atoms with E-state index >= 15 is 0 Å². The summed E-state index contributed by atoms with van der Waals surface area (Å²) in [6, 6.07) is 3.19. The molecule has 1 aliphatic rings. The van der Waals surface area contributed by atoms with Crippen molar-refractivity contribution in [3.05, 3.63) is 57.4 Å². The standard InChI is InChI=1S/C24H25N7O5/c1-24(2,36)22(34)30-7-5-14(6-8-30)31-20-15(21(33)29-23(31)35)11-25-17-4-3-16(28-19(17)20)13-9-26-18(12-32)27-10-13/h3-4,9-11,14,32,36H,5-8,12H2,1-2H3,(H,29,33,35). The number of likely N-dealkylation sites (tertiary alicyclic amines) is 1. The van der Waals surface area contributed by atoms with Gasteiger partial charge < -0.3 is 15.1 Å². The van der Waals surface area contributed by atoms with Gasteiger partial charge in [-0.1, -0.05) is 0 Å². The molecule has 0 saturated carbocycles. The zero-order valence-corrected chi connectivity index (χ0v) is 19.8. The Kier molecular flexibility index (Phi) is 5.85. The molecule has 0 spiro atoms. The zero-order chi connectivity index (χ0) is 25.6. The molecule has 1 saturated heterocycles. The lowest BCUT2D eigenvalue weighted by atomic mass is 10.0. The summed E-state index contributed by atoms with van der Waals surface area (Å²) >= 11 is 0. The second-order valence-electron chi connectivity index (χ2n) is 9.34. The lowest BCUT2D eigenvalue weighted by Gasteiger charge is -2.36. The van der Waals surface area contributed by atoms with Crippen molar-refractivity contribution >= 4 is 27.8 Å². The molecule has 3 N–H and O–H groups in total. The van der Waals surface area contributed by atoms with E-state index in [1.54, 1.807) is 29.4 Å². The molecule has 0 bridgehead atoms. The van der Waals surface area contributed by atoms with E-state index in [0.29, 0.717) is 53.7 Å². The molecule has 1 aliphatic heterocycles. The fourth-order valence-corrected chi connectivity index (χ4v) is 4.58. The Hall–Kier alpha value is -4.03. The minimum atomic E-state index is -1.48. The smallest absolute Gasteiger partial charge is 0.329 e. The number of H-pyrrole nitrogens is 1. The van der Waals surface area contributed by atoms with Crippen LogP contribution in [0.4, 0.5) is 0 Å². The van der Waals surface area contributed by atoms with Gasteiger partial charge in [0, 0.05) is 43.3 Å². The van der Waals surface area contributed by atoms with Gasteiger partial charge in [-0.2, -0.15) is 0 Å². The van der Waals surface area contributed by atoms with Crippen molar-refractivity contribution in [2.24, 2.45) is 0 Å².